The van der Waals surface area contributed by atoms with Gasteiger partial charge in [0.05, 0.1) is 12.7 Å². The molecule has 0 fully saturated rings. The van der Waals surface area contributed by atoms with E-state index in [2.05, 4.69) is 10.6 Å². The van der Waals surface area contributed by atoms with Crippen LogP contribution in [0.15, 0.2) is 66.7 Å². The second-order valence-corrected chi connectivity index (χ2v) is 9.87. The van der Waals surface area contributed by atoms with Gasteiger partial charge in [-0.25, -0.2) is 4.79 Å². The first kappa shape index (κ1) is 28.2. The summed E-state index contributed by atoms with van der Waals surface area (Å²) in [4.78, 5) is 40.6. The Bertz CT molecular complexity index is 1340. The highest BCUT2D eigenvalue weighted by molar-refractivity contribution is 6.00. The number of hydrogen-bond acceptors (Lipinski definition) is 6. The SMILES string of the molecule is Cc1ccc(C(C(=O)Nc2ccc3ccccc3c2)N(CC#N)C(=O)C(CO)NC(=O)OC(C)(C)C)cc1. The first-order chi connectivity index (χ1) is 18.0. The quantitative estimate of drug-likeness (QED) is 0.387. The summed E-state index contributed by atoms with van der Waals surface area (Å²) >= 11 is 0. The largest absolute Gasteiger partial charge is 0.444 e. The van der Waals surface area contributed by atoms with Crippen LogP contribution < -0.4 is 10.6 Å². The Labute approximate surface area is 222 Å². The molecule has 0 bridgehead atoms. The highest BCUT2D eigenvalue weighted by Gasteiger charge is 2.36. The van der Waals surface area contributed by atoms with Gasteiger partial charge in [-0.15, -0.1) is 0 Å². The number of nitrogens with zero attached hydrogens (tertiary/aromatic N) is 2. The Hall–Kier alpha value is -4.42. The van der Waals surface area contributed by atoms with Crippen LogP contribution in [0.1, 0.15) is 37.9 Å². The zero-order valence-corrected chi connectivity index (χ0v) is 21.9. The number of aliphatic hydroxyl groups excluding tert-OH is 1. The molecule has 3 aromatic carbocycles. The Morgan fingerprint density at radius 1 is 1.03 bits per heavy atom. The van der Waals surface area contributed by atoms with Crippen molar-refractivity contribution in [1.82, 2.24) is 10.2 Å². The lowest BCUT2D eigenvalue weighted by Crippen LogP contribution is -2.54. The number of aliphatic hydroxyl groups is 1. The van der Waals surface area contributed by atoms with E-state index >= 15 is 0 Å². The molecule has 0 aliphatic heterocycles. The van der Waals surface area contributed by atoms with Gasteiger partial charge in [-0.3, -0.25) is 9.59 Å². The van der Waals surface area contributed by atoms with Crippen LogP contribution in [-0.2, 0) is 14.3 Å². The molecule has 3 rings (SSSR count). The third-order valence-corrected chi connectivity index (χ3v) is 5.67. The van der Waals surface area contributed by atoms with Crippen molar-refractivity contribution in [2.45, 2.75) is 45.4 Å². The van der Waals surface area contributed by atoms with E-state index in [0.29, 0.717) is 11.3 Å². The second-order valence-electron chi connectivity index (χ2n) is 9.87. The molecule has 3 N–H and O–H groups in total. The number of benzene rings is 3. The number of anilines is 1. The van der Waals surface area contributed by atoms with E-state index in [1.807, 2.05) is 49.4 Å². The summed E-state index contributed by atoms with van der Waals surface area (Å²) in [6.07, 6.45) is -0.908. The molecule has 0 aliphatic carbocycles. The Morgan fingerprint density at radius 2 is 1.68 bits per heavy atom. The highest BCUT2D eigenvalue weighted by atomic mass is 16.6. The summed E-state index contributed by atoms with van der Waals surface area (Å²) < 4.78 is 5.20. The average molecular weight is 517 g/mol. The van der Waals surface area contributed by atoms with Crippen molar-refractivity contribution in [1.29, 1.82) is 5.26 Å². The van der Waals surface area contributed by atoms with Crippen LogP contribution in [-0.4, -0.2) is 52.7 Å². The summed E-state index contributed by atoms with van der Waals surface area (Å²) in [5.41, 5.74) is 1.09. The predicted molar refractivity (Wildman–Crippen MR) is 144 cm³/mol. The molecule has 0 aliphatic rings. The average Bonchev–Trinajstić information content (AvgIpc) is 2.86. The molecular weight excluding hydrogens is 484 g/mol. The van der Waals surface area contributed by atoms with Gasteiger partial charge in [0, 0.05) is 5.69 Å². The van der Waals surface area contributed by atoms with Crippen LogP contribution in [0, 0.1) is 18.3 Å². The molecule has 198 valence electrons. The number of nitrogens with one attached hydrogen (secondary N) is 2. The molecule has 3 aromatic rings. The van der Waals surface area contributed by atoms with Crippen LogP contribution in [0.4, 0.5) is 10.5 Å². The first-order valence-electron chi connectivity index (χ1n) is 12.2. The number of hydrogen-bond donors (Lipinski definition) is 3. The number of alkyl carbamates (subject to hydrolysis) is 1. The van der Waals surface area contributed by atoms with Gasteiger partial charge >= 0.3 is 6.09 Å². The van der Waals surface area contributed by atoms with Crippen molar-refractivity contribution in [2.24, 2.45) is 0 Å². The molecule has 3 amide bonds. The lowest BCUT2D eigenvalue weighted by molar-refractivity contribution is -0.140. The Morgan fingerprint density at radius 3 is 2.29 bits per heavy atom. The van der Waals surface area contributed by atoms with Gasteiger partial charge in [0.15, 0.2) is 0 Å². The van der Waals surface area contributed by atoms with Crippen LogP contribution >= 0.6 is 0 Å². The van der Waals surface area contributed by atoms with E-state index in [-0.39, 0.29) is 0 Å². The van der Waals surface area contributed by atoms with Crippen LogP contribution in [0.2, 0.25) is 0 Å². The second kappa shape index (κ2) is 12.2. The van der Waals surface area contributed by atoms with Gasteiger partial charge in [-0.1, -0.05) is 60.2 Å². The molecule has 0 heterocycles. The number of carbonyl (C=O) groups is 3. The standard InChI is InChI=1S/C29H32N4O5/c1-19-9-11-21(12-10-19)25(26(35)31-23-14-13-20-7-5-6-8-22(20)17-23)33(16-15-30)27(36)24(18-34)32-28(37)38-29(2,3)4/h5-14,17,24-25,34H,16,18H2,1-4H3,(H,31,35)(H,32,37). The summed E-state index contributed by atoms with van der Waals surface area (Å²) in [7, 11) is 0. The molecule has 2 unspecified atom stereocenters. The Balaban J connectivity index is 1.96. The molecular formula is C29H32N4O5. The maximum Gasteiger partial charge on any atom is 0.408 e. The normalized spacial score (nSPS) is 12.6. The van der Waals surface area contributed by atoms with Crippen LogP contribution in [0.5, 0.6) is 0 Å². The van der Waals surface area contributed by atoms with Crippen molar-refractivity contribution in [3.63, 3.8) is 0 Å². The zero-order chi connectivity index (χ0) is 27.9. The molecule has 0 saturated heterocycles. The monoisotopic (exact) mass is 516 g/mol. The van der Waals surface area contributed by atoms with Crippen molar-refractivity contribution >= 4 is 34.4 Å². The van der Waals surface area contributed by atoms with Crippen molar-refractivity contribution in [3.8, 4) is 6.07 Å². The van der Waals surface area contributed by atoms with Gasteiger partial charge < -0.3 is 25.4 Å². The Kier molecular flexibility index (Phi) is 9.05. The number of rotatable bonds is 8. The van der Waals surface area contributed by atoms with Crippen LogP contribution in [0.3, 0.4) is 0 Å². The van der Waals surface area contributed by atoms with Crippen molar-refractivity contribution in [3.05, 3.63) is 77.9 Å². The fourth-order valence-electron chi connectivity index (χ4n) is 3.91. The fourth-order valence-corrected chi connectivity index (χ4v) is 3.91. The van der Waals surface area contributed by atoms with Crippen molar-refractivity contribution < 1.29 is 24.2 Å². The van der Waals surface area contributed by atoms with Gasteiger partial charge in [0.25, 0.3) is 5.91 Å². The number of aryl methyl sites for hydroxylation is 1. The topological polar surface area (TPSA) is 132 Å². The molecule has 0 radical (unpaired) electrons. The molecule has 0 saturated carbocycles. The number of nitriles is 1. The smallest absolute Gasteiger partial charge is 0.408 e. The van der Waals surface area contributed by atoms with E-state index in [1.165, 1.54) is 0 Å². The van der Waals surface area contributed by atoms with E-state index in [0.717, 1.165) is 21.2 Å². The van der Waals surface area contributed by atoms with Crippen molar-refractivity contribution in [2.75, 3.05) is 18.5 Å². The van der Waals surface area contributed by atoms with E-state index in [9.17, 15) is 24.8 Å². The van der Waals surface area contributed by atoms with E-state index in [4.69, 9.17) is 4.74 Å². The summed E-state index contributed by atoms with van der Waals surface area (Å²) in [6.45, 7) is 5.65. The third-order valence-electron chi connectivity index (χ3n) is 5.67. The molecule has 0 aromatic heterocycles. The summed E-state index contributed by atoms with van der Waals surface area (Å²) in [5, 5.41) is 26.6. The van der Waals surface area contributed by atoms with Gasteiger partial charge in [-0.2, -0.15) is 5.26 Å². The number of fused-ring (bicyclic) bond motifs is 1. The molecule has 9 heteroatoms. The van der Waals surface area contributed by atoms with Gasteiger partial charge in [0.1, 0.15) is 24.2 Å². The van der Waals surface area contributed by atoms with Crippen LogP contribution in [0.25, 0.3) is 10.8 Å². The zero-order valence-electron chi connectivity index (χ0n) is 21.9. The molecule has 38 heavy (non-hydrogen) atoms. The molecule has 0 spiro atoms. The lowest BCUT2D eigenvalue weighted by Gasteiger charge is -2.32. The number of amides is 3. The maximum atomic E-state index is 13.7. The summed E-state index contributed by atoms with van der Waals surface area (Å²) in [6, 6.07) is 19.4. The predicted octanol–water partition coefficient (Wildman–Crippen LogP) is 4.07. The van der Waals surface area contributed by atoms with E-state index in [1.54, 1.807) is 51.1 Å². The highest BCUT2D eigenvalue weighted by Crippen LogP contribution is 2.26. The molecule has 9 nitrogen and oxygen atoms in total. The fraction of sp³-hybridized carbons (Fsp3) is 0.310. The number of ether oxygens (including phenoxy) is 1. The minimum Gasteiger partial charge on any atom is -0.444 e. The lowest BCUT2D eigenvalue weighted by atomic mass is 10.0. The maximum absolute atomic E-state index is 13.7. The summed E-state index contributed by atoms with van der Waals surface area (Å²) in [5.74, 6) is -1.36. The first-order valence-corrected chi connectivity index (χ1v) is 12.2. The van der Waals surface area contributed by atoms with Gasteiger partial charge in [-0.05, 0) is 56.2 Å². The number of carbonyl (C=O) groups excluding carboxylic acids is 3. The third kappa shape index (κ3) is 7.31. The van der Waals surface area contributed by atoms with E-state index < -0.39 is 48.7 Å². The minimum atomic E-state index is -1.43. The molecule has 2 atom stereocenters. The minimum absolute atomic E-state index is 0.463. The van der Waals surface area contributed by atoms with Gasteiger partial charge in [0.2, 0.25) is 5.91 Å².